The van der Waals surface area contributed by atoms with E-state index in [4.69, 9.17) is 5.73 Å². The van der Waals surface area contributed by atoms with Crippen LogP contribution in [-0.2, 0) is 40.1 Å². The molecule has 0 bridgehead atoms. The normalized spacial score (nSPS) is 12.9. The van der Waals surface area contributed by atoms with E-state index in [1.165, 1.54) is 12.1 Å². The Morgan fingerprint density at radius 1 is 0.571 bits per heavy atom. The highest BCUT2D eigenvalue weighted by molar-refractivity contribution is 7.93. The molecule has 5 N–H and O–H groups in total. The van der Waals surface area contributed by atoms with E-state index < -0.39 is 71.5 Å². The zero-order chi connectivity index (χ0) is 30.7. The third kappa shape index (κ3) is 5.31. The van der Waals surface area contributed by atoms with Gasteiger partial charge >= 0.3 is 0 Å². The number of benzene rings is 5. The number of rotatable bonds is 7. The van der Waals surface area contributed by atoms with Gasteiger partial charge in [-0.25, -0.2) is 16.8 Å². The number of anilines is 2. The largest absolute Gasteiger partial charge is 0.398 e. The van der Waals surface area contributed by atoms with Crippen LogP contribution in [0.3, 0.4) is 0 Å². The molecule has 5 aromatic rings. The van der Waals surface area contributed by atoms with Gasteiger partial charge in [-0.3, -0.25) is 13.8 Å². The van der Waals surface area contributed by atoms with Gasteiger partial charge in [0.1, 0.15) is 9.79 Å². The molecule has 0 aliphatic heterocycles. The predicted octanol–water partition coefficient (Wildman–Crippen LogP) is 3.70. The van der Waals surface area contributed by atoms with E-state index in [1.54, 1.807) is 24.3 Å². The molecule has 0 heterocycles. The van der Waals surface area contributed by atoms with Crippen LogP contribution in [0.1, 0.15) is 0 Å². The van der Waals surface area contributed by atoms with Crippen LogP contribution in [0.5, 0.6) is 0 Å². The molecule has 0 spiro atoms. The average Bonchev–Trinajstić information content (AvgIpc) is 2.90. The molecule has 5 rings (SSSR count). The molecular formula is C26H20N2O10S4. The Bertz CT molecular complexity index is 2370. The fourth-order valence-electron chi connectivity index (χ4n) is 4.49. The molecule has 16 heteroatoms. The number of nitrogen functional groups attached to an aromatic ring is 1. The Morgan fingerprint density at radius 3 is 1.88 bits per heavy atom. The number of hydrogen-bond acceptors (Lipinski definition) is 9. The fraction of sp³-hybridized carbons (Fsp3) is 0. The minimum Gasteiger partial charge on any atom is -0.398 e. The van der Waals surface area contributed by atoms with Crippen LogP contribution < -0.4 is 10.5 Å². The fourth-order valence-corrected chi connectivity index (χ4v) is 8.62. The Morgan fingerprint density at radius 2 is 1.24 bits per heavy atom. The summed E-state index contributed by atoms with van der Waals surface area (Å²) in [5, 5.41) is 0.769. The molecule has 42 heavy (non-hydrogen) atoms. The Hall–Kier alpha value is -4.06. The van der Waals surface area contributed by atoms with Gasteiger partial charge in [-0.1, -0.05) is 48.5 Å². The van der Waals surface area contributed by atoms with Crippen molar-refractivity contribution in [3.05, 3.63) is 91.0 Å². The topological polar surface area (TPSA) is 215 Å². The van der Waals surface area contributed by atoms with Gasteiger partial charge in [-0.2, -0.15) is 16.8 Å². The number of fused-ring (bicyclic) bond motifs is 2. The summed E-state index contributed by atoms with van der Waals surface area (Å²) in [6, 6.07) is 19.5. The zero-order valence-corrected chi connectivity index (χ0v) is 24.3. The molecule has 0 aliphatic carbocycles. The van der Waals surface area contributed by atoms with Crippen molar-refractivity contribution < 1.29 is 42.8 Å². The lowest BCUT2D eigenvalue weighted by Crippen LogP contribution is -2.17. The van der Waals surface area contributed by atoms with Crippen molar-refractivity contribution in [3.8, 4) is 0 Å². The van der Waals surface area contributed by atoms with Gasteiger partial charge < -0.3 is 5.73 Å². The van der Waals surface area contributed by atoms with Gasteiger partial charge in [-0.15, -0.1) is 0 Å². The van der Waals surface area contributed by atoms with E-state index in [2.05, 4.69) is 0 Å². The van der Waals surface area contributed by atoms with E-state index in [1.807, 2.05) is 10.8 Å². The maximum Gasteiger partial charge on any atom is 0.297 e. The quantitative estimate of drug-likeness (QED) is 0.147. The highest BCUT2D eigenvalue weighted by Gasteiger charge is 2.28. The van der Waals surface area contributed by atoms with Crippen LogP contribution in [0.2, 0.25) is 0 Å². The van der Waals surface area contributed by atoms with E-state index in [-0.39, 0.29) is 15.2 Å². The van der Waals surface area contributed by atoms with Crippen LogP contribution in [0.4, 0.5) is 11.4 Å². The summed E-state index contributed by atoms with van der Waals surface area (Å²) in [6.45, 7) is 0. The van der Waals surface area contributed by atoms with Crippen molar-refractivity contribution in [2.45, 2.75) is 24.5 Å². The van der Waals surface area contributed by atoms with Crippen LogP contribution in [0.15, 0.2) is 115 Å². The second-order valence-corrected chi connectivity index (χ2v) is 15.4. The van der Waals surface area contributed by atoms with Crippen molar-refractivity contribution >= 4 is 73.0 Å². The maximum absolute atomic E-state index is 13.3. The van der Waals surface area contributed by atoms with E-state index in [0.29, 0.717) is 5.39 Å². The number of nitrogens with one attached hydrogen (secondary N) is 1. The first kappa shape index (κ1) is 29.4. The van der Waals surface area contributed by atoms with Crippen LogP contribution in [0.25, 0.3) is 21.5 Å². The summed E-state index contributed by atoms with van der Waals surface area (Å²) in [6.07, 6.45) is 0. The van der Waals surface area contributed by atoms with Gasteiger partial charge in [0, 0.05) is 10.8 Å². The molecule has 218 valence electrons. The average molecular weight is 649 g/mol. The summed E-state index contributed by atoms with van der Waals surface area (Å²) in [4.78, 5) is -2.61. The first-order valence-electron chi connectivity index (χ1n) is 11.7. The molecular weight excluding hydrogens is 629 g/mol. The molecule has 12 nitrogen and oxygen atoms in total. The minimum atomic E-state index is -5.16. The van der Waals surface area contributed by atoms with Gasteiger partial charge in [-0.05, 0) is 53.2 Å². The molecule has 0 aromatic heterocycles. The summed E-state index contributed by atoms with van der Waals surface area (Å²) < 4.78 is 123. The molecule has 0 unspecified atom stereocenters. The van der Waals surface area contributed by atoms with Gasteiger partial charge in [0.2, 0.25) is 9.84 Å². The molecule has 0 saturated carbocycles. The van der Waals surface area contributed by atoms with Crippen LogP contribution in [0, 0.1) is 0 Å². The highest BCUT2D eigenvalue weighted by atomic mass is 32.2. The Balaban J connectivity index is 1.57. The molecule has 0 fully saturated rings. The first-order chi connectivity index (χ1) is 19.5. The van der Waals surface area contributed by atoms with Gasteiger partial charge in [0.15, 0.2) is 0 Å². The third-order valence-corrected chi connectivity index (χ3v) is 11.4. The standard InChI is InChI=1S/C26H20N2O10S4/c27-22-15-19(10-13-25(22)39(29,30)18-9-8-16-4-1-2-5-17(16)14-18)40(31,32)28-23-12-11-20-21(26(23)42(36,37)38)6-3-7-24(20)41(33,34)35/h1-15,28H,27H2,(H,33,34,35)(H,36,37,38). The summed E-state index contributed by atoms with van der Waals surface area (Å²) in [5.41, 5.74) is 4.94. The second kappa shape index (κ2) is 10.0. The molecule has 5 aromatic carbocycles. The number of hydrogen-bond donors (Lipinski definition) is 4. The minimum absolute atomic E-state index is 0.0696. The zero-order valence-electron chi connectivity index (χ0n) is 21.0. The predicted molar refractivity (Wildman–Crippen MR) is 155 cm³/mol. The third-order valence-electron chi connectivity index (χ3n) is 6.36. The van der Waals surface area contributed by atoms with E-state index in [9.17, 15) is 42.8 Å². The number of nitrogens with two attached hydrogens (primary N) is 1. The van der Waals surface area contributed by atoms with Crippen molar-refractivity contribution in [2.75, 3.05) is 10.5 Å². The van der Waals surface area contributed by atoms with Crippen LogP contribution >= 0.6 is 0 Å². The van der Waals surface area contributed by atoms with Crippen molar-refractivity contribution in [1.82, 2.24) is 0 Å². The second-order valence-electron chi connectivity index (χ2n) is 9.06. The lowest BCUT2D eigenvalue weighted by atomic mass is 10.1. The van der Waals surface area contributed by atoms with Crippen molar-refractivity contribution in [3.63, 3.8) is 0 Å². The maximum atomic E-state index is 13.3. The Labute approximate surface area is 240 Å². The summed E-state index contributed by atoms with van der Waals surface area (Å²) in [5.74, 6) is 0. The number of sulfonamides is 1. The van der Waals surface area contributed by atoms with E-state index in [0.717, 1.165) is 53.9 Å². The molecule has 0 aliphatic rings. The molecule has 0 saturated heterocycles. The van der Waals surface area contributed by atoms with Crippen molar-refractivity contribution in [2.24, 2.45) is 0 Å². The molecule has 0 amide bonds. The monoisotopic (exact) mass is 648 g/mol. The lowest BCUT2D eigenvalue weighted by Gasteiger charge is -2.15. The van der Waals surface area contributed by atoms with Crippen LogP contribution in [-0.4, -0.2) is 42.8 Å². The summed E-state index contributed by atoms with van der Waals surface area (Å²) in [7, 11) is -18.8. The first-order valence-corrected chi connectivity index (χ1v) is 17.5. The molecule has 0 atom stereocenters. The summed E-state index contributed by atoms with van der Waals surface area (Å²) >= 11 is 0. The Kier molecular flexibility index (Phi) is 7.04. The highest BCUT2D eigenvalue weighted by Crippen LogP contribution is 2.36. The lowest BCUT2D eigenvalue weighted by molar-refractivity contribution is 0.481. The van der Waals surface area contributed by atoms with Gasteiger partial charge in [0.25, 0.3) is 30.3 Å². The number of sulfone groups is 1. The smallest absolute Gasteiger partial charge is 0.297 e. The van der Waals surface area contributed by atoms with Gasteiger partial charge in [0.05, 0.1) is 26.1 Å². The SMILES string of the molecule is Nc1cc(S(=O)(=O)Nc2ccc3c(S(=O)(=O)O)cccc3c2S(=O)(=O)O)ccc1S(=O)(=O)c1ccc2ccccc2c1. The van der Waals surface area contributed by atoms with Crippen molar-refractivity contribution in [1.29, 1.82) is 0 Å². The molecule has 0 radical (unpaired) electrons. The van der Waals surface area contributed by atoms with E-state index >= 15 is 0 Å².